The molecule has 2 rings (SSSR count). The number of aliphatic hydroxyl groups is 1. The van der Waals surface area contributed by atoms with E-state index in [1.807, 2.05) is 19.1 Å². The quantitative estimate of drug-likeness (QED) is 0.764. The summed E-state index contributed by atoms with van der Waals surface area (Å²) < 4.78 is 0. The smallest absolute Gasteiger partial charge is 0.0592 e. The fourth-order valence-electron chi connectivity index (χ4n) is 1.64. The minimum Gasteiger partial charge on any atom is -0.393 e. The molecule has 0 fully saturated rings. The molecule has 2 nitrogen and oxygen atoms in total. The minimum atomic E-state index is -0.233. The number of rotatable bonds is 3. The van der Waals surface area contributed by atoms with Crippen molar-refractivity contribution in [3.8, 4) is 0 Å². The maximum Gasteiger partial charge on any atom is 0.0592 e. The number of hydrogen-bond acceptors (Lipinski definition) is 1. The summed E-state index contributed by atoms with van der Waals surface area (Å²) in [6.07, 6.45) is 1.28. The molecule has 0 aliphatic rings. The Morgan fingerprint density at radius 2 is 2.14 bits per heavy atom. The number of hydrogen-bond donors (Lipinski definition) is 2. The summed E-state index contributed by atoms with van der Waals surface area (Å²) in [4.78, 5) is 3.30. The van der Waals surface area contributed by atoms with Crippen LogP contribution in [0.15, 0.2) is 30.3 Å². The first-order chi connectivity index (χ1) is 6.79. The zero-order valence-corrected chi connectivity index (χ0v) is 8.33. The van der Waals surface area contributed by atoms with E-state index in [4.69, 9.17) is 0 Å². The van der Waals surface area contributed by atoms with Crippen LogP contribution in [0.5, 0.6) is 0 Å². The summed E-state index contributed by atoms with van der Waals surface area (Å²) in [5, 5.41) is 10.7. The number of aromatic nitrogens is 1. The van der Waals surface area contributed by atoms with Crippen LogP contribution in [0.1, 0.15) is 19.0 Å². The number of H-pyrrole nitrogens is 1. The molecular formula is C12H15NO. The molecule has 1 aromatic heterocycles. The van der Waals surface area contributed by atoms with Gasteiger partial charge in [0.25, 0.3) is 0 Å². The van der Waals surface area contributed by atoms with E-state index < -0.39 is 0 Å². The number of aliphatic hydroxyl groups excluding tert-OH is 1. The third-order valence-corrected chi connectivity index (χ3v) is 2.51. The molecule has 74 valence electrons. The van der Waals surface area contributed by atoms with Crippen LogP contribution in [0.25, 0.3) is 10.9 Å². The number of nitrogens with one attached hydrogen (secondary N) is 1. The molecule has 0 aliphatic carbocycles. The second-order valence-electron chi connectivity index (χ2n) is 3.65. The fraction of sp³-hybridized carbons (Fsp3) is 0.333. The van der Waals surface area contributed by atoms with Gasteiger partial charge >= 0.3 is 0 Å². The van der Waals surface area contributed by atoms with Gasteiger partial charge in [0.2, 0.25) is 0 Å². The SMILES string of the molecule is CCC(O)Cc1cc2ccccc2[nH]1. The van der Waals surface area contributed by atoms with Gasteiger partial charge in [0, 0.05) is 17.6 Å². The summed E-state index contributed by atoms with van der Waals surface area (Å²) in [5.74, 6) is 0. The molecule has 0 spiro atoms. The van der Waals surface area contributed by atoms with Gasteiger partial charge in [0.1, 0.15) is 0 Å². The van der Waals surface area contributed by atoms with E-state index in [9.17, 15) is 5.11 Å². The van der Waals surface area contributed by atoms with E-state index >= 15 is 0 Å². The lowest BCUT2D eigenvalue weighted by Crippen LogP contribution is -2.08. The van der Waals surface area contributed by atoms with Crippen molar-refractivity contribution < 1.29 is 5.11 Å². The van der Waals surface area contributed by atoms with Crippen molar-refractivity contribution in [2.45, 2.75) is 25.9 Å². The Morgan fingerprint density at radius 1 is 1.36 bits per heavy atom. The Hall–Kier alpha value is -1.28. The van der Waals surface area contributed by atoms with Crippen LogP contribution in [0.2, 0.25) is 0 Å². The predicted octanol–water partition coefficient (Wildman–Crippen LogP) is 2.48. The number of benzene rings is 1. The maximum absolute atomic E-state index is 9.52. The Balaban J connectivity index is 2.27. The van der Waals surface area contributed by atoms with Gasteiger partial charge < -0.3 is 10.1 Å². The topological polar surface area (TPSA) is 36.0 Å². The van der Waals surface area contributed by atoms with E-state index in [2.05, 4.69) is 23.2 Å². The summed E-state index contributed by atoms with van der Waals surface area (Å²) in [6.45, 7) is 1.99. The van der Waals surface area contributed by atoms with Crippen LogP contribution in [0.3, 0.4) is 0 Å². The molecule has 0 amide bonds. The zero-order chi connectivity index (χ0) is 9.97. The Morgan fingerprint density at radius 3 is 2.86 bits per heavy atom. The standard InChI is InChI=1S/C12H15NO/c1-2-11(14)8-10-7-9-5-3-4-6-12(9)13-10/h3-7,11,13-14H,2,8H2,1H3. The third-order valence-electron chi connectivity index (χ3n) is 2.51. The van der Waals surface area contributed by atoms with Crippen molar-refractivity contribution in [2.75, 3.05) is 0 Å². The molecular weight excluding hydrogens is 174 g/mol. The summed E-state index contributed by atoms with van der Waals surface area (Å²) in [7, 11) is 0. The second kappa shape index (κ2) is 3.84. The van der Waals surface area contributed by atoms with Crippen molar-refractivity contribution in [1.29, 1.82) is 0 Å². The molecule has 0 aliphatic heterocycles. The first-order valence-corrected chi connectivity index (χ1v) is 5.04. The molecule has 0 bridgehead atoms. The number of fused-ring (bicyclic) bond motifs is 1. The van der Waals surface area contributed by atoms with Crippen molar-refractivity contribution in [3.05, 3.63) is 36.0 Å². The molecule has 14 heavy (non-hydrogen) atoms. The van der Waals surface area contributed by atoms with Crippen molar-refractivity contribution >= 4 is 10.9 Å². The summed E-state index contributed by atoms with van der Waals surface area (Å²) in [5.41, 5.74) is 2.26. The Kier molecular flexibility index (Phi) is 2.55. The lowest BCUT2D eigenvalue weighted by molar-refractivity contribution is 0.170. The highest BCUT2D eigenvalue weighted by atomic mass is 16.3. The third kappa shape index (κ3) is 1.80. The highest BCUT2D eigenvalue weighted by Gasteiger charge is 2.05. The fourth-order valence-corrected chi connectivity index (χ4v) is 1.64. The second-order valence-corrected chi connectivity index (χ2v) is 3.65. The van der Waals surface area contributed by atoms with Gasteiger partial charge in [-0.1, -0.05) is 25.1 Å². The maximum atomic E-state index is 9.52. The molecule has 0 saturated carbocycles. The molecule has 2 N–H and O–H groups in total. The van der Waals surface area contributed by atoms with Crippen LogP contribution in [0.4, 0.5) is 0 Å². The molecule has 1 unspecified atom stereocenters. The molecule has 2 heteroatoms. The van der Waals surface area contributed by atoms with E-state index in [0.29, 0.717) is 6.42 Å². The van der Waals surface area contributed by atoms with Gasteiger partial charge in [0.05, 0.1) is 6.10 Å². The monoisotopic (exact) mass is 189 g/mol. The lowest BCUT2D eigenvalue weighted by atomic mass is 10.1. The van der Waals surface area contributed by atoms with Crippen molar-refractivity contribution in [3.63, 3.8) is 0 Å². The van der Waals surface area contributed by atoms with Gasteiger partial charge in [-0.3, -0.25) is 0 Å². The van der Waals surface area contributed by atoms with Crippen molar-refractivity contribution in [1.82, 2.24) is 4.98 Å². The molecule has 2 aromatic rings. The minimum absolute atomic E-state index is 0.233. The normalized spacial score (nSPS) is 13.3. The summed E-state index contributed by atoms with van der Waals surface area (Å²) in [6, 6.07) is 10.3. The highest BCUT2D eigenvalue weighted by molar-refractivity contribution is 5.80. The Bertz CT molecular complexity index is 386. The van der Waals surface area contributed by atoms with Gasteiger partial charge in [-0.25, -0.2) is 0 Å². The first-order valence-electron chi connectivity index (χ1n) is 5.04. The summed E-state index contributed by atoms with van der Waals surface area (Å²) >= 11 is 0. The molecule has 1 aromatic carbocycles. The molecule has 1 heterocycles. The number of aromatic amines is 1. The van der Waals surface area contributed by atoms with Crippen LogP contribution in [0, 0.1) is 0 Å². The molecule has 0 radical (unpaired) electrons. The van der Waals surface area contributed by atoms with E-state index in [0.717, 1.165) is 17.6 Å². The first kappa shape index (κ1) is 9.28. The van der Waals surface area contributed by atoms with Gasteiger partial charge in [-0.15, -0.1) is 0 Å². The van der Waals surface area contributed by atoms with E-state index in [1.54, 1.807) is 0 Å². The van der Waals surface area contributed by atoms with Gasteiger partial charge in [-0.05, 0) is 23.9 Å². The van der Waals surface area contributed by atoms with E-state index in [-0.39, 0.29) is 6.10 Å². The zero-order valence-electron chi connectivity index (χ0n) is 8.33. The van der Waals surface area contributed by atoms with Crippen LogP contribution >= 0.6 is 0 Å². The van der Waals surface area contributed by atoms with Gasteiger partial charge in [-0.2, -0.15) is 0 Å². The van der Waals surface area contributed by atoms with Crippen LogP contribution in [-0.2, 0) is 6.42 Å². The van der Waals surface area contributed by atoms with Crippen LogP contribution < -0.4 is 0 Å². The van der Waals surface area contributed by atoms with E-state index in [1.165, 1.54) is 5.39 Å². The predicted molar refractivity (Wildman–Crippen MR) is 58.3 cm³/mol. The average Bonchev–Trinajstić information content (AvgIpc) is 2.59. The molecule has 1 atom stereocenters. The average molecular weight is 189 g/mol. The molecule has 0 saturated heterocycles. The number of para-hydroxylation sites is 1. The van der Waals surface area contributed by atoms with Crippen LogP contribution in [-0.4, -0.2) is 16.2 Å². The van der Waals surface area contributed by atoms with Gasteiger partial charge in [0.15, 0.2) is 0 Å². The van der Waals surface area contributed by atoms with Crippen molar-refractivity contribution in [2.24, 2.45) is 0 Å². The Labute approximate surface area is 83.6 Å². The largest absolute Gasteiger partial charge is 0.393 e. The lowest BCUT2D eigenvalue weighted by Gasteiger charge is -2.04. The highest BCUT2D eigenvalue weighted by Crippen LogP contribution is 2.16.